The minimum Gasteiger partial charge on any atom is -0.383 e. The van der Waals surface area contributed by atoms with Crippen molar-refractivity contribution in [2.24, 2.45) is 0 Å². The number of nitrogens with zero attached hydrogens (tertiary/aromatic N) is 3. The maximum Gasteiger partial charge on any atom is 0.242 e. The molecular weight excluding hydrogens is 306 g/mol. The second kappa shape index (κ2) is 7.83. The Labute approximate surface area is 145 Å². The van der Waals surface area contributed by atoms with E-state index in [0.29, 0.717) is 6.42 Å². The zero-order chi connectivity index (χ0) is 17.0. The van der Waals surface area contributed by atoms with Crippen LogP contribution in [0.4, 0.5) is 0 Å². The molecule has 0 aromatic heterocycles. The first-order valence-electron chi connectivity index (χ1n) is 9.44. The predicted molar refractivity (Wildman–Crippen MR) is 91.7 cm³/mol. The molecule has 1 unspecified atom stereocenters. The van der Waals surface area contributed by atoms with Crippen molar-refractivity contribution in [3.63, 3.8) is 0 Å². The van der Waals surface area contributed by atoms with Gasteiger partial charge in [0, 0.05) is 45.2 Å². The lowest BCUT2D eigenvalue weighted by Gasteiger charge is -2.38. The molecule has 0 N–H and O–H groups in total. The van der Waals surface area contributed by atoms with E-state index in [1.165, 1.54) is 0 Å². The van der Waals surface area contributed by atoms with Gasteiger partial charge in [-0.3, -0.25) is 9.59 Å². The lowest BCUT2D eigenvalue weighted by molar-refractivity contribution is -0.141. The van der Waals surface area contributed by atoms with E-state index in [2.05, 4.69) is 4.90 Å². The standard InChI is InChI=1S/C18H31N3O3/c1-24-14-13-19-9-4-6-18(8-12-19)7-5-16(22)21(18)15-17(23)20-10-2-3-11-20/h2-15H2,1H3. The van der Waals surface area contributed by atoms with Gasteiger partial charge in [0.15, 0.2) is 0 Å². The van der Waals surface area contributed by atoms with Gasteiger partial charge in [-0.25, -0.2) is 0 Å². The fourth-order valence-electron chi connectivity index (χ4n) is 4.53. The number of likely N-dealkylation sites (tertiary alicyclic amines) is 3. The fraction of sp³-hybridized carbons (Fsp3) is 0.889. The van der Waals surface area contributed by atoms with E-state index < -0.39 is 0 Å². The second-order valence-corrected chi connectivity index (χ2v) is 7.48. The highest BCUT2D eigenvalue weighted by molar-refractivity contribution is 5.87. The summed E-state index contributed by atoms with van der Waals surface area (Å²) >= 11 is 0. The van der Waals surface area contributed by atoms with Gasteiger partial charge in [0.2, 0.25) is 11.8 Å². The molecule has 0 aromatic rings. The van der Waals surface area contributed by atoms with E-state index in [0.717, 1.165) is 77.9 Å². The average Bonchev–Trinajstić information content (AvgIpc) is 3.15. The molecule has 0 saturated carbocycles. The molecule has 3 aliphatic heterocycles. The highest BCUT2D eigenvalue weighted by Gasteiger charge is 2.46. The number of hydrogen-bond donors (Lipinski definition) is 0. The van der Waals surface area contributed by atoms with Crippen molar-refractivity contribution in [1.82, 2.24) is 14.7 Å². The van der Waals surface area contributed by atoms with Crippen LogP contribution in [0, 0.1) is 0 Å². The van der Waals surface area contributed by atoms with E-state index >= 15 is 0 Å². The molecule has 24 heavy (non-hydrogen) atoms. The molecule has 3 aliphatic rings. The Morgan fingerprint density at radius 3 is 2.62 bits per heavy atom. The van der Waals surface area contributed by atoms with Gasteiger partial charge >= 0.3 is 0 Å². The van der Waals surface area contributed by atoms with E-state index in [1.54, 1.807) is 7.11 Å². The van der Waals surface area contributed by atoms with Crippen LogP contribution in [0.2, 0.25) is 0 Å². The molecule has 3 rings (SSSR count). The number of carbonyl (C=O) groups is 2. The highest BCUT2D eigenvalue weighted by Crippen LogP contribution is 2.39. The zero-order valence-corrected chi connectivity index (χ0v) is 15.0. The summed E-state index contributed by atoms with van der Waals surface area (Å²) in [6, 6.07) is 0. The molecule has 3 heterocycles. The molecule has 2 amide bonds. The van der Waals surface area contributed by atoms with Crippen LogP contribution < -0.4 is 0 Å². The monoisotopic (exact) mass is 337 g/mol. The number of amides is 2. The molecule has 136 valence electrons. The van der Waals surface area contributed by atoms with Gasteiger partial charge < -0.3 is 19.4 Å². The average molecular weight is 337 g/mol. The normalized spacial score (nSPS) is 28.8. The van der Waals surface area contributed by atoms with Gasteiger partial charge in [-0.05, 0) is 45.1 Å². The SMILES string of the molecule is COCCN1CCCC2(CCC(=O)N2CC(=O)N2CCCC2)CC1. The Morgan fingerprint density at radius 1 is 1.08 bits per heavy atom. The molecule has 6 heteroatoms. The van der Waals surface area contributed by atoms with Crippen LogP contribution in [0.25, 0.3) is 0 Å². The minimum absolute atomic E-state index is 0.0890. The Morgan fingerprint density at radius 2 is 1.88 bits per heavy atom. The molecular formula is C18H31N3O3. The van der Waals surface area contributed by atoms with E-state index in [9.17, 15) is 9.59 Å². The van der Waals surface area contributed by atoms with Gasteiger partial charge in [-0.1, -0.05) is 0 Å². The Hall–Kier alpha value is -1.14. The van der Waals surface area contributed by atoms with E-state index in [4.69, 9.17) is 4.74 Å². The third kappa shape index (κ3) is 3.75. The molecule has 1 atom stereocenters. The molecule has 3 saturated heterocycles. The smallest absolute Gasteiger partial charge is 0.242 e. The van der Waals surface area contributed by atoms with Crippen molar-refractivity contribution >= 4 is 11.8 Å². The van der Waals surface area contributed by atoms with Crippen molar-refractivity contribution in [1.29, 1.82) is 0 Å². The van der Waals surface area contributed by atoms with Crippen LogP contribution in [0.5, 0.6) is 0 Å². The summed E-state index contributed by atoms with van der Waals surface area (Å²) in [6.45, 7) is 5.77. The maximum absolute atomic E-state index is 12.6. The van der Waals surface area contributed by atoms with Gasteiger partial charge in [0.05, 0.1) is 6.61 Å². The summed E-state index contributed by atoms with van der Waals surface area (Å²) in [5, 5.41) is 0. The molecule has 3 fully saturated rings. The van der Waals surface area contributed by atoms with Crippen LogP contribution >= 0.6 is 0 Å². The third-order valence-corrected chi connectivity index (χ3v) is 6.05. The van der Waals surface area contributed by atoms with Gasteiger partial charge in [0.1, 0.15) is 6.54 Å². The first-order chi connectivity index (χ1) is 11.6. The number of carbonyl (C=O) groups excluding carboxylic acids is 2. The number of methoxy groups -OCH3 is 1. The fourth-order valence-corrected chi connectivity index (χ4v) is 4.53. The second-order valence-electron chi connectivity index (χ2n) is 7.48. The largest absolute Gasteiger partial charge is 0.383 e. The summed E-state index contributed by atoms with van der Waals surface area (Å²) in [7, 11) is 1.74. The maximum atomic E-state index is 12.6. The molecule has 1 spiro atoms. The quantitative estimate of drug-likeness (QED) is 0.754. The minimum atomic E-state index is -0.0890. The van der Waals surface area contributed by atoms with E-state index in [-0.39, 0.29) is 23.9 Å². The molecule has 6 nitrogen and oxygen atoms in total. The van der Waals surface area contributed by atoms with Crippen LogP contribution in [0.1, 0.15) is 44.9 Å². The Kier molecular flexibility index (Phi) is 5.76. The van der Waals surface area contributed by atoms with Gasteiger partial charge in [-0.15, -0.1) is 0 Å². The lowest BCUT2D eigenvalue weighted by Crippen LogP contribution is -2.51. The van der Waals surface area contributed by atoms with Crippen molar-refractivity contribution in [3.05, 3.63) is 0 Å². The molecule has 0 aliphatic carbocycles. The van der Waals surface area contributed by atoms with Crippen LogP contribution in [0.15, 0.2) is 0 Å². The number of ether oxygens (including phenoxy) is 1. The van der Waals surface area contributed by atoms with Crippen molar-refractivity contribution in [2.45, 2.75) is 50.5 Å². The molecule has 0 radical (unpaired) electrons. The highest BCUT2D eigenvalue weighted by atomic mass is 16.5. The number of rotatable bonds is 5. The third-order valence-electron chi connectivity index (χ3n) is 6.05. The Bertz CT molecular complexity index is 464. The summed E-state index contributed by atoms with van der Waals surface area (Å²) in [5.74, 6) is 0.315. The van der Waals surface area contributed by atoms with E-state index in [1.807, 2.05) is 9.80 Å². The van der Waals surface area contributed by atoms with Crippen LogP contribution in [-0.4, -0.2) is 85.0 Å². The van der Waals surface area contributed by atoms with Crippen LogP contribution in [0.3, 0.4) is 0 Å². The van der Waals surface area contributed by atoms with Gasteiger partial charge in [-0.2, -0.15) is 0 Å². The summed E-state index contributed by atoms with van der Waals surface area (Å²) < 4.78 is 5.19. The number of hydrogen-bond acceptors (Lipinski definition) is 4. The topological polar surface area (TPSA) is 53.1 Å². The van der Waals surface area contributed by atoms with Crippen molar-refractivity contribution < 1.29 is 14.3 Å². The Balaban J connectivity index is 1.64. The molecule has 0 bridgehead atoms. The first kappa shape index (κ1) is 17.7. The zero-order valence-electron chi connectivity index (χ0n) is 15.0. The summed E-state index contributed by atoms with van der Waals surface area (Å²) in [4.78, 5) is 31.4. The van der Waals surface area contributed by atoms with Crippen LogP contribution in [-0.2, 0) is 14.3 Å². The first-order valence-corrected chi connectivity index (χ1v) is 9.44. The summed E-state index contributed by atoms with van der Waals surface area (Å²) in [5.41, 5.74) is -0.0890. The van der Waals surface area contributed by atoms with Crippen molar-refractivity contribution in [2.75, 3.05) is 53.0 Å². The molecule has 0 aromatic carbocycles. The summed E-state index contributed by atoms with van der Waals surface area (Å²) in [6.07, 6.45) is 6.80. The van der Waals surface area contributed by atoms with Gasteiger partial charge in [0.25, 0.3) is 0 Å². The predicted octanol–water partition coefficient (Wildman–Crippen LogP) is 1.10. The lowest BCUT2D eigenvalue weighted by atomic mass is 9.87. The van der Waals surface area contributed by atoms with Crippen molar-refractivity contribution in [3.8, 4) is 0 Å².